The lowest BCUT2D eigenvalue weighted by atomic mass is 10.1. The zero-order valence-corrected chi connectivity index (χ0v) is 9.72. The number of nitrogens with zero attached hydrogens (tertiary/aromatic N) is 3. The van der Waals surface area contributed by atoms with Gasteiger partial charge < -0.3 is 5.73 Å². The standard InChI is InChI=1S/C11H13ClN4/c1-16-7-8(6-15-16)5-10(13)11-9(12)3-2-4-14-11/h2-4,6-7,10H,5,13H2,1H3. The maximum atomic E-state index is 6.05. The molecule has 16 heavy (non-hydrogen) atoms. The molecule has 0 aliphatic rings. The van der Waals surface area contributed by atoms with Crippen LogP contribution in [-0.2, 0) is 13.5 Å². The molecule has 5 heteroatoms. The molecule has 0 bridgehead atoms. The predicted molar refractivity (Wildman–Crippen MR) is 63.1 cm³/mol. The molecule has 0 fully saturated rings. The Morgan fingerprint density at radius 2 is 2.38 bits per heavy atom. The maximum absolute atomic E-state index is 6.05. The fourth-order valence-electron chi connectivity index (χ4n) is 1.60. The molecule has 0 spiro atoms. The minimum absolute atomic E-state index is 0.196. The fraction of sp³-hybridized carbons (Fsp3) is 0.273. The van der Waals surface area contributed by atoms with Gasteiger partial charge >= 0.3 is 0 Å². The number of rotatable bonds is 3. The van der Waals surface area contributed by atoms with Crippen molar-refractivity contribution >= 4 is 11.6 Å². The first-order chi connectivity index (χ1) is 7.66. The van der Waals surface area contributed by atoms with Gasteiger partial charge in [0, 0.05) is 19.4 Å². The second kappa shape index (κ2) is 4.63. The molecule has 2 aromatic heterocycles. The van der Waals surface area contributed by atoms with Crippen LogP contribution in [0.15, 0.2) is 30.7 Å². The molecule has 1 atom stereocenters. The van der Waals surface area contributed by atoms with Gasteiger partial charge in [-0.15, -0.1) is 0 Å². The molecule has 0 saturated carbocycles. The molecule has 84 valence electrons. The smallest absolute Gasteiger partial charge is 0.0760 e. The Balaban J connectivity index is 2.14. The molecule has 2 rings (SSSR count). The summed E-state index contributed by atoms with van der Waals surface area (Å²) in [6.45, 7) is 0. The predicted octanol–water partition coefficient (Wildman–Crippen LogP) is 1.71. The first-order valence-corrected chi connectivity index (χ1v) is 5.38. The molecule has 2 N–H and O–H groups in total. The van der Waals surface area contributed by atoms with Gasteiger partial charge in [0.15, 0.2) is 0 Å². The van der Waals surface area contributed by atoms with E-state index in [1.54, 1.807) is 29.2 Å². The van der Waals surface area contributed by atoms with E-state index in [4.69, 9.17) is 17.3 Å². The zero-order valence-electron chi connectivity index (χ0n) is 8.97. The number of aryl methyl sites for hydroxylation is 1. The Morgan fingerprint density at radius 3 is 3.00 bits per heavy atom. The molecular formula is C11H13ClN4. The molecule has 0 saturated heterocycles. The minimum atomic E-state index is -0.196. The Bertz CT molecular complexity index is 480. The van der Waals surface area contributed by atoms with E-state index in [9.17, 15) is 0 Å². The van der Waals surface area contributed by atoms with Crippen molar-refractivity contribution in [3.8, 4) is 0 Å². The third kappa shape index (κ3) is 2.40. The summed E-state index contributed by atoms with van der Waals surface area (Å²) in [5, 5.41) is 4.70. The van der Waals surface area contributed by atoms with Crippen molar-refractivity contribution in [2.45, 2.75) is 12.5 Å². The summed E-state index contributed by atoms with van der Waals surface area (Å²) < 4.78 is 1.75. The monoisotopic (exact) mass is 236 g/mol. The number of hydrogen-bond donors (Lipinski definition) is 1. The molecule has 0 radical (unpaired) electrons. The summed E-state index contributed by atoms with van der Waals surface area (Å²) >= 11 is 6.03. The summed E-state index contributed by atoms with van der Waals surface area (Å²) in [6.07, 6.45) is 6.13. The average Bonchev–Trinajstić information content (AvgIpc) is 2.64. The lowest BCUT2D eigenvalue weighted by Gasteiger charge is -2.10. The van der Waals surface area contributed by atoms with Crippen LogP contribution in [0, 0.1) is 0 Å². The van der Waals surface area contributed by atoms with E-state index in [-0.39, 0.29) is 6.04 Å². The van der Waals surface area contributed by atoms with Gasteiger partial charge in [0.1, 0.15) is 0 Å². The van der Waals surface area contributed by atoms with Gasteiger partial charge in [-0.25, -0.2) is 0 Å². The molecule has 0 amide bonds. The first kappa shape index (κ1) is 11.1. The highest BCUT2D eigenvalue weighted by molar-refractivity contribution is 6.31. The second-order valence-corrected chi connectivity index (χ2v) is 4.11. The van der Waals surface area contributed by atoms with E-state index in [1.807, 2.05) is 13.2 Å². The van der Waals surface area contributed by atoms with Gasteiger partial charge in [0.05, 0.1) is 23.0 Å². The molecule has 0 aliphatic heterocycles. The Kier molecular flexibility index (Phi) is 3.22. The molecular weight excluding hydrogens is 224 g/mol. The number of aromatic nitrogens is 3. The fourth-order valence-corrected chi connectivity index (χ4v) is 1.86. The SMILES string of the molecule is Cn1cc(CC(N)c2ncccc2Cl)cn1. The van der Waals surface area contributed by atoms with Gasteiger partial charge in [-0.2, -0.15) is 5.10 Å². The minimum Gasteiger partial charge on any atom is -0.322 e. The van der Waals surface area contributed by atoms with E-state index in [2.05, 4.69) is 10.1 Å². The van der Waals surface area contributed by atoms with Crippen LogP contribution in [0.1, 0.15) is 17.3 Å². The molecule has 1 unspecified atom stereocenters. The molecule has 4 nitrogen and oxygen atoms in total. The van der Waals surface area contributed by atoms with Crippen molar-refractivity contribution in [3.63, 3.8) is 0 Å². The van der Waals surface area contributed by atoms with E-state index in [1.165, 1.54) is 0 Å². The van der Waals surface area contributed by atoms with Crippen LogP contribution in [0.25, 0.3) is 0 Å². The highest BCUT2D eigenvalue weighted by Gasteiger charge is 2.12. The van der Waals surface area contributed by atoms with Gasteiger partial charge in [0.2, 0.25) is 0 Å². The quantitative estimate of drug-likeness (QED) is 0.883. The highest BCUT2D eigenvalue weighted by Crippen LogP contribution is 2.21. The van der Waals surface area contributed by atoms with E-state index in [0.717, 1.165) is 11.3 Å². The van der Waals surface area contributed by atoms with Gasteiger partial charge in [-0.3, -0.25) is 9.67 Å². The Hall–Kier alpha value is -1.39. The number of pyridine rings is 1. The van der Waals surface area contributed by atoms with Crippen molar-refractivity contribution in [2.24, 2.45) is 12.8 Å². The number of halogens is 1. The van der Waals surface area contributed by atoms with Crippen molar-refractivity contribution < 1.29 is 0 Å². The van der Waals surface area contributed by atoms with Crippen LogP contribution < -0.4 is 5.73 Å². The maximum Gasteiger partial charge on any atom is 0.0760 e. The van der Waals surface area contributed by atoms with Gasteiger partial charge in [-0.05, 0) is 24.1 Å². The zero-order chi connectivity index (χ0) is 11.5. The Labute approximate surface area is 99.1 Å². The normalized spacial score (nSPS) is 12.7. The highest BCUT2D eigenvalue weighted by atomic mass is 35.5. The van der Waals surface area contributed by atoms with E-state index >= 15 is 0 Å². The topological polar surface area (TPSA) is 56.7 Å². The molecule has 2 heterocycles. The van der Waals surface area contributed by atoms with E-state index in [0.29, 0.717) is 11.4 Å². The summed E-state index contributed by atoms with van der Waals surface area (Å²) in [7, 11) is 1.88. The van der Waals surface area contributed by atoms with Gasteiger partial charge in [-0.1, -0.05) is 11.6 Å². The lowest BCUT2D eigenvalue weighted by Crippen LogP contribution is -2.15. The third-order valence-corrected chi connectivity index (χ3v) is 2.67. The molecule has 0 aliphatic carbocycles. The lowest BCUT2D eigenvalue weighted by molar-refractivity contribution is 0.695. The van der Waals surface area contributed by atoms with Crippen molar-refractivity contribution in [2.75, 3.05) is 0 Å². The van der Waals surface area contributed by atoms with Crippen LogP contribution in [0.3, 0.4) is 0 Å². The van der Waals surface area contributed by atoms with Crippen molar-refractivity contribution in [1.29, 1.82) is 0 Å². The van der Waals surface area contributed by atoms with Crippen molar-refractivity contribution in [3.05, 3.63) is 47.0 Å². The largest absolute Gasteiger partial charge is 0.322 e. The van der Waals surface area contributed by atoms with Crippen molar-refractivity contribution in [1.82, 2.24) is 14.8 Å². The van der Waals surface area contributed by atoms with Crippen LogP contribution in [0.2, 0.25) is 5.02 Å². The summed E-state index contributed by atoms with van der Waals surface area (Å²) in [5.41, 5.74) is 7.86. The molecule has 0 aromatic carbocycles. The summed E-state index contributed by atoms with van der Waals surface area (Å²) in [5.74, 6) is 0. The van der Waals surface area contributed by atoms with Crippen LogP contribution in [0.4, 0.5) is 0 Å². The van der Waals surface area contributed by atoms with Crippen LogP contribution >= 0.6 is 11.6 Å². The third-order valence-electron chi connectivity index (χ3n) is 2.35. The van der Waals surface area contributed by atoms with Crippen LogP contribution in [-0.4, -0.2) is 14.8 Å². The number of nitrogens with two attached hydrogens (primary N) is 1. The molecule has 2 aromatic rings. The average molecular weight is 237 g/mol. The second-order valence-electron chi connectivity index (χ2n) is 3.70. The van der Waals surface area contributed by atoms with Crippen LogP contribution in [0.5, 0.6) is 0 Å². The van der Waals surface area contributed by atoms with Gasteiger partial charge in [0.25, 0.3) is 0 Å². The Morgan fingerprint density at radius 1 is 1.56 bits per heavy atom. The number of hydrogen-bond acceptors (Lipinski definition) is 3. The first-order valence-electron chi connectivity index (χ1n) is 5.00. The summed E-state index contributed by atoms with van der Waals surface area (Å²) in [4.78, 5) is 4.20. The summed E-state index contributed by atoms with van der Waals surface area (Å²) in [6, 6.07) is 3.40. The van der Waals surface area contributed by atoms with E-state index < -0.39 is 0 Å².